The average Bonchev–Trinajstić information content (AvgIpc) is 2.47. The van der Waals surface area contributed by atoms with E-state index >= 15 is 0 Å². The van der Waals surface area contributed by atoms with Crippen LogP contribution in [0.2, 0.25) is 0 Å². The molecule has 2 aliphatic rings. The minimum atomic E-state index is -3.42. The molecule has 9 heteroatoms. The van der Waals surface area contributed by atoms with Crippen molar-refractivity contribution in [2.45, 2.75) is 58.3 Å². The van der Waals surface area contributed by atoms with Gasteiger partial charge in [0.1, 0.15) is 9.84 Å². The van der Waals surface area contributed by atoms with Gasteiger partial charge in [-0.15, -0.1) is 0 Å². The molecule has 0 spiro atoms. The van der Waals surface area contributed by atoms with Crippen molar-refractivity contribution in [1.82, 2.24) is 9.62 Å². The molecule has 2 fully saturated rings. The van der Waals surface area contributed by atoms with Crippen LogP contribution in [-0.2, 0) is 24.6 Å². The fraction of sp³-hybridized carbons (Fsp3) is 1.00. The van der Waals surface area contributed by atoms with Gasteiger partial charge in [-0.2, -0.15) is 0 Å². The van der Waals surface area contributed by atoms with Gasteiger partial charge < -0.3 is 4.74 Å². The lowest BCUT2D eigenvalue weighted by atomic mass is 10.0. The van der Waals surface area contributed by atoms with Crippen LogP contribution in [0.1, 0.15) is 40.5 Å². The Labute approximate surface area is 152 Å². The van der Waals surface area contributed by atoms with E-state index in [0.29, 0.717) is 19.4 Å². The summed E-state index contributed by atoms with van der Waals surface area (Å²) in [6, 6.07) is 0. The molecule has 0 bridgehead atoms. The van der Waals surface area contributed by atoms with Crippen molar-refractivity contribution < 1.29 is 21.6 Å². The van der Waals surface area contributed by atoms with E-state index in [2.05, 4.69) is 9.62 Å². The van der Waals surface area contributed by atoms with E-state index in [4.69, 9.17) is 4.74 Å². The Kier molecular flexibility index (Phi) is 6.58. The minimum absolute atomic E-state index is 0.00845. The number of hydrogen-bond acceptors (Lipinski definition) is 6. The second-order valence-corrected chi connectivity index (χ2v) is 12.3. The zero-order valence-corrected chi connectivity index (χ0v) is 17.3. The van der Waals surface area contributed by atoms with Gasteiger partial charge in [-0.1, -0.05) is 0 Å². The second kappa shape index (κ2) is 7.80. The van der Waals surface area contributed by atoms with Crippen LogP contribution in [0.3, 0.4) is 0 Å². The molecule has 2 heterocycles. The summed E-state index contributed by atoms with van der Waals surface area (Å²) in [7, 11) is -6.39. The first kappa shape index (κ1) is 21.1. The number of ether oxygens (including phenoxy) is 1. The van der Waals surface area contributed by atoms with Gasteiger partial charge in [0.05, 0.1) is 29.5 Å². The Morgan fingerprint density at radius 3 is 2.16 bits per heavy atom. The number of sulfone groups is 1. The monoisotopic (exact) mass is 396 g/mol. The highest BCUT2D eigenvalue weighted by atomic mass is 32.2. The van der Waals surface area contributed by atoms with Crippen LogP contribution in [0, 0.1) is 5.92 Å². The third-order valence-electron chi connectivity index (χ3n) is 5.13. The molecule has 7 nitrogen and oxygen atoms in total. The van der Waals surface area contributed by atoms with Crippen molar-refractivity contribution in [2.24, 2.45) is 5.92 Å². The van der Waals surface area contributed by atoms with E-state index in [-0.39, 0.29) is 40.9 Å². The third kappa shape index (κ3) is 6.46. The summed E-state index contributed by atoms with van der Waals surface area (Å²) in [6.45, 7) is 10.0. The largest absolute Gasteiger partial charge is 0.373 e. The third-order valence-corrected chi connectivity index (χ3v) is 8.34. The van der Waals surface area contributed by atoms with Gasteiger partial charge in [0, 0.05) is 25.2 Å². The van der Waals surface area contributed by atoms with Crippen LogP contribution in [0.4, 0.5) is 0 Å². The molecule has 2 atom stereocenters. The molecular weight excluding hydrogens is 364 g/mol. The predicted molar refractivity (Wildman–Crippen MR) is 98.8 cm³/mol. The van der Waals surface area contributed by atoms with Crippen molar-refractivity contribution >= 4 is 19.9 Å². The first-order valence-electron chi connectivity index (χ1n) is 8.97. The molecule has 0 aliphatic carbocycles. The zero-order chi connectivity index (χ0) is 18.9. The van der Waals surface area contributed by atoms with Crippen LogP contribution in [0.5, 0.6) is 0 Å². The highest BCUT2D eigenvalue weighted by Gasteiger charge is 2.34. The van der Waals surface area contributed by atoms with Crippen molar-refractivity contribution in [2.75, 3.05) is 36.9 Å². The summed E-state index contributed by atoms with van der Waals surface area (Å²) >= 11 is 0. The molecule has 2 aliphatic heterocycles. The quantitative estimate of drug-likeness (QED) is 0.707. The van der Waals surface area contributed by atoms with Gasteiger partial charge >= 0.3 is 0 Å². The predicted octanol–water partition coefficient (Wildman–Crippen LogP) is 0.618. The minimum Gasteiger partial charge on any atom is -0.373 e. The SMILES string of the molecule is C[C@@H]1CN(C(C)(C)CNS(=O)(=O)CC2CCS(=O)(=O)CC2)C[C@H](C)O1. The van der Waals surface area contributed by atoms with E-state index in [1.165, 1.54) is 0 Å². The number of rotatable bonds is 6. The molecule has 0 aromatic rings. The Morgan fingerprint density at radius 1 is 1.12 bits per heavy atom. The van der Waals surface area contributed by atoms with Crippen LogP contribution < -0.4 is 4.72 Å². The van der Waals surface area contributed by atoms with Crippen molar-refractivity contribution in [3.05, 3.63) is 0 Å². The van der Waals surface area contributed by atoms with E-state index in [0.717, 1.165) is 13.1 Å². The van der Waals surface area contributed by atoms with E-state index in [1.807, 2.05) is 27.7 Å². The first-order chi connectivity index (χ1) is 11.4. The van der Waals surface area contributed by atoms with Gasteiger partial charge in [0.2, 0.25) is 10.0 Å². The molecule has 0 radical (unpaired) electrons. The average molecular weight is 397 g/mol. The molecular formula is C16H32N2O5S2. The molecule has 0 aromatic carbocycles. The van der Waals surface area contributed by atoms with Gasteiger partial charge in [0.25, 0.3) is 0 Å². The van der Waals surface area contributed by atoms with E-state index in [9.17, 15) is 16.8 Å². The molecule has 0 aromatic heterocycles. The van der Waals surface area contributed by atoms with E-state index < -0.39 is 19.9 Å². The molecule has 0 unspecified atom stereocenters. The maximum atomic E-state index is 12.4. The molecule has 25 heavy (non-hydrogen) atoms. The Hall–Kier alpha value is -0.220. The first-order valence-corrected chi connectivity index (χ1v) is 12.4. The number of nitrogens with zero attached hydrogens (tertiary/aromatic N) is 1. The molecule has 1 N–H and O–H groups in total. The van der Waals surface area contributed by atoms with Gasteiger partial charge in [0.15, 0.2) is 0 Å². The summed E-state index contributed by atoms with van der Waals surface area (Å²) in [6.07, 6.45) is 1.13. The second-order valence-electron chi connectivity index (χ2n) is 8.17. The highest BCUT2D eigenvalue weighted by molar-refractivity contribution is 7.91. The van der Waals surface area contributed by atoms with Crippen molar-refractivity contribution in [3.8, 4) is 0 Å². The normalized spacial score (nSPS) is 29.6. The van der Waals surface area contributed by atoms with Crippen LogP contribution >= 0.6 is 0 Å². The number of morpholine rings is 1. The summed E-state index contributed by atoms with van der Waals surface area (Å²) in [5.41, 5.74) is -0.310. The summed E-state index contributed by atoms with van der Waals surface area (Å²) in [4.78, 5) is 2.27. The highest BCUT2D eigenvalue weighted by Crippen LogP contribution is 2.22. The fourth-order valence-electron chi connectivity index (χ4n) is 3.55. The zero-order valence-electron chi connectivity index (χ0n) is 15.7. The van der Waals surface area contributed by atoms with Crippen molar-refractivity contribution in [3.63, 3.8) is 0 Å². The topological polar surface area (TPSA) is 92.8 Å². The number of hydrogen-bond donors (Lipinski definition) is 1. The number of nitrogens with one attached hydrogen (secondary N) is 1. The maximum Gasteiger partial charge on any atom is 0.211 e. The number of sulfonamides is 1. The summed E-state index contributed by atoms with van der Waals surface area (Å²) in [5, 5.41) is 0. The Morgan fingerprint density at radius 2 is 1.64 bits per heavy atom. The lowest BCUT2D eigenvalue weighted by Gasteiger charge is -2.45. The van der Waals surface area contributed by atoms with E-state index in [1.54, 1.807) is 0 Å². The molecule has 2 saturated heterocycles. The van der Waals surface area contributed by atoms with Crippen molar-refractivity contribution in [1.29, 1.82) is 0 Å². The Bertz CT molecular complexity index is 636. The smallest absolute Gasteiger partial charge is 0.211 e. The lowest BCUT2D eigenvalue weighted by molar-refractivity contribution is -0.0945. The molecule has 2 rings (SSSR count). The molecule has 0 amide bonds. The Balaban J connectivity index is 1.88. The molecule has 148 valence electrons. The van der Waals surface area contributed by atoms with Crippen LogP contribution in [0.15, 0.2) is 0 Å². The fourth-order valence-corrected chi connectivity index (χ4v) is 6.78. The van der Waals surface area contributed by atoms with Gasteiger partial charge in [-0.05, 0) is 46.5 Å². The van der Waals surface area contributed by atoms with Gasteiger partial charge in [-0.25, -0.2) is 21.6 Å². The van der Waals surface area contributed by atoms with Gasteiger partial charge in [-0.3, -0.25) is 4.90 Å². The maximum absolute atomic E-state index is 12.4. The van der Waals surface area contributed by atoms with Crippen LogP contribution in [0.25, 0.3) is 0 Å². The summed E-state index contributed by atoms with van der Waals surface area (Å²) in [5.74, 6) is 0.131. The lowest BCUT2D eigenvalue weighted by Crippen LogP contribution is -2.58. The standard InChI is InChI=1S/C16H32N2O5S2/c1-13-9-18(10-14(2)23-13)16(3,4)12-17-25(21,22)11-15-5-7-24(19,20)8-6-15/h13-15,17H,5-12H2,1-4H3/t13-,14+. The summed E-state index contributed by atoms with van der Waals surface area (Å²) < 4.78 is 56.2. The van der Waals surface area contributed by atoms with Crippen LogP contribution in [-0.4, -0.2) is 76.4 Å². The molecule has 0 saturated carbocycles.